The molecule has 4 N–H and O–H groups in total. The lowest BCUT2D eigenvalue weighted by atomic mass is 10.1. The summed E-state index contributed by atoms with van der Waals surface area (Å²) in [4.78, 5) is 23.6. The predicted molar refractivity (Wildman–Crippen MR) is 97.1 cm³/mol. The average molecular weight is 358 g/mol. The number of carboxylic acid groups (broad SMARTS) is 1. The van der Waals surface area contributed by atoms with Gasteiger partial charge in [0.05, 0.1) is 13.2 Å². The van der Waals surface area contributed by atoms with Crippen LogP contribution in [0.4, 0.5) is 0 Å². The zero-order valence-electron chi connectivity index (χ0n) is 15.3. The molecular formula is C18H34N2O5. The molecule has 0 aliphatic rings. The van der Waals surface area contributed by atoms with Crippen molar-refractivity contribution in [1.82, 2.24) is 10.2 Å². The standard InChI is InChI=1S/C18H34N2O5/c1-2-3-4-5-6-7-8-9-10-11-16(22)19-12-13-20(14-18(24)25)17(23)15-21/h4-5,17,21,23H,2-3,6-15H2,1H3,(H,19,22)(H,24,25)/b5-4+. The Morgan fingerprint density at radius 3 is 2.44 bits per heavy atom. The molecule has 0 heterocycles. The monoisotopic (exact) mass is 358 g/mol. The molecule has 0 saturated carbocycles. The second-order valence-corrected chi connectivity index (χ2v) is 6.09. The highest BCUT2D eigenvalue weighted by atomic mass is 16.4. The van der Waals surface area contributed by atoms with Gasteiger partial charge in [0.1, 0.15) is 6.23 Å². The van der Waals surface area contributed by atoms with Gasteiger partial charge in [-0.1, -0.05) is 38.3 Å². The highest BCUT2D eigenvalue weighted by molar-refractivity contribution is 5.75. The van der Waals surface area contributed by atoms with Crippen LogP contribution < -0.4 is 5.32 Å². The van der Waals surface area contributed by atoms with E-state index >= 15 is 0 Å². The van der Waals surface area contributed by atoms with Crippen LogP contribution in [-0.2, 0) is 9.59 Å². The fourth-order valence-corrected chi connectivity index (χ4v) is 2.35. The number of aliphatic carboxylic acids is 1. The third-order valence-electron chi connectivity index (χ3n) is 3.79. The SMILES string of the molecule is CCC/C=C/CCCCCCC(=O)NCCN(CC(=O)O)C(O)CO. The number of hydrogen-bond donors (Lipinski definition) is 4. The third-order valence-corrected chi connectivity index (χ3v) is 3.79. The summed E-state index contributed by atoms with van der Waals surface area (Å²) in [6.45, 7) is 1.64. The molecule has 0 aromatic rings. The minimum atomic E-state index is -1.24. The van der Waals surface area contributed by atoms with Gasteiger partial charge in [0.25, 0.3) is 0 Å². The van der Waals surface area contributed by atoms with Crippen LogP contribution in [0.25, 0.3) is 0 Å². The molecule has 0 rings (SSSR count). The van der Waals surface area contributed by atoms with Crippen LogP contribution in [0, 0.1) is 0 Å². The summed E-state index contributed by atoms with van der Waals surface area (Å²) < 4.78 is 0. The van der Waals surface area contributed by atoms with Crippen molar-refractivity contribution in [2.24, 2.45) is 0 Å². The molecular weight excluding hydrogens is 324 g/mol. The number of unbranched alkanes of at least 4 members (excludes halogenated alkanes) is 5. The van der Waals surface area contributed by atoms with E-state index in [1.54, 1.807) is 0 Å². The van der Waals surface area contributed by atoms with Gasteiger partial charge in [-0.05, 0) is 25.7 Å². The molecule has 1 amide bonds. The van der Waals surface area contributed by atoms with Crippen LogP contribution in [0.15, 0.2) is 12.2 Å². The minimum absolute atomic E-state index is 0.0726. The molecule has 25 heavy (non-hydrogen) atoms. The Balaban J connectivity index is 3.70. The number of rotatable bonds is 16. The third kappa shape index (κ3) is 14.6. The molecule has 0 saturated heterocycles. The number of amides is 1. The van der Waals surface area contributed by atoms with Gasteiger partial charge < -0.3 is 20.6 Å². The smallest absolute Gasteiger partial charge is 0.317 e. The number of nitrogens with zero attached hydrogens (tertiary/aromatic N) is 1. The highest BCUT2D eigenvalue weighted by Gasteiger charge is 2.17. The van der Waals surface area contributed by atoms with Crippen LogP contribution >= 0.6 is 0 Å². The zero-order valence-corrected chi connectivity index (χ0v) is 15.3. The Hall–Kier alpha value is -1.44. The zero-order chi connectivity index (χ0) is 18.9. The van der Waals surface area contributed by atoms with E-state index < -0.39 is 18.8 Å². The van der Waals surface area contributed by atoms with Gasteiger partial charge >= 0.3 is 5.97 Å². The second-order valence-electron chi connectivity index (χ2n) is 6.09. The van der Waals surface area contributed by atoms with E-state index in [-0.39, 0.29) is 25.5 Å². The van der Waals surface area contributed by atoms with Crippen molar-refractivity contribution >= 4 is 11.9 Å². The Morgan fingerprint density at radius 1 is 1.12 bits per heavy atom. The van der Waals surface area contributed by atoms with Gasteiger partial charge in [0, 0.05) is 19.5 Å². The molecule has 0 radical (unpaired) electrons. The van der Waals surface area contributed by atoms with Gasteiger partial charge in [-0.25, -0.2) is 0 Å². The average Bonchev–Trinajstić information content (AvgIpc) is 2.58. The fraction of sp³-hybridized carbons (Fsp3) is 0.778. The van der Waals surface area contributed by atoms with Crippen molar-refractivity contribution in [2.75, 3.05) is 26.2 Å². The topological polar surface area (TPSA) is 110 Å². The van der Waals surface area contributed by atoms with Crippen molar-refractivity contribution in [1.29, 1.82) is 0 Å². The normalized spacial score (nSPS) is 12.6. The largest absolute Gasteiger partial charge is 0.480 e. The Kier molecular flexibility index (Phi) is 15.1. The summed E-state index contributed by atoms with van der Waals surface area (Å²) in [6, 6.07) is 0. The summed E-state index contributed by atoms with van der Waals surface area (Å²) in [6.07, 6.45) is 11.2. The Bertz CT molecular complexity index is 388. The second kappa shape index (κ2) is 16.1. The number of aliphatic hydroxyl groups is 2. The molecule has 1 unspecified atom stereocenters. The molecule has 7 nitrogen and oxygen atoms in total. The lowest BCUT2D eigenvalue weighted by Gasteiger charge is -2.24. The van der Waals surface area contributed by atoms with E-state index in [9.17, 15) is 14.7 Å². The molecule has 0 aliphatic heterocycles. The maximum atomic E-state index is 11.7. The highest BCUT2D eigenvalue weighted by Crippen LogP contribution is 2.06. The van der Waals surface area contributed by atoms with Crippen LogP contribution in [0.2, 0.25) is 0 Å². The molecule has 0 aliphatic carbocycles. The van der Waals surface area contributed by atoms with Crippen molar-refractivity contribution in [2.45, 2.75) is 64.5 Å². The molecule has 7 heteroatoms. The van der Waals surface area contributed by atoms with Gasteiger partial charge in [-0.3, -0.25) is 14.5 Å². The number of carbonyl (C=O) groups excluding carboxylic acids is 1. The van der Waals surface area contributed by atoms with Crippen LogP contribution in [0.3, 0.4) is 0 Å². The van der Waals surface area contributed by atoms with Crippen LogP contribution in [0.1, 0.15) is 58.3 Å². The van der Waals surface area contributed by atoms with Gasteiger partial charge in [-0.2, -0.15) is 0 Å². The van der Waals surface area contributed by atoms with Crippen LogP contribution in [0.5, 0.6) is 0 Å². The number of aliphatic hydroxyl groups excluding tert-OH is 2. The van der Waals surface area contributed by atoms with Crippen molar-refractivity contribution in [3.63, 3.8) is 0 Å². The molecule has 0 aromatic heterocycles. The quantitative estimate of drug-likeness (QED) is 0.189. The Labute approximate surface area is 150 Å². The van der Waals surface area contributed by atoms with Gasteiger partial charge in [-0.15, -0.1) is 0 Å². The van der Waals surface area contributed by atoms with Crippen molar-refractivity contribution in [3.8, 4) is 0 Å². The summed E-state index contributed by atoms with van der Waals surface area (Å²) in [5.41, 5.74) is 0. The number of carboxylic acids is 1. The van der Waals surface area contributed by atoms with E-state index in [0.717, 1.165) is 38.5 Å². The molecule has 0 bridgehead atoms. The molecule has 1 atom stereocenters. The number of hydrogen-bond acceptors (Lipinski definition) is 5. The Morgan fingerprint density at radius 2 is 1.80 bits per heavy atom. The lowest BCUT2D eigenvalue weighted by Crippen LogP contribution is -2.45. The first kappa shape index (κ1) is 23.6. The molecule has 0 aromatic carbocycles. The summed E-state index contributed by atoms with van der Waals surface area (Å²) in [5, 5.41) is 29.9. The molecule has 0 spiro atoms. The first-order chi connectivity index (χ1) is 12.0. The van der Waals surface area contributed by atoms with Gasteiger partial charge in [0.15, 0.2) is 0 Å². The van der Waals surface area contributed by atoms with Crippen molar-refractivity contribution in [3.05, 3.63) is 12.2 Å². The summed E-state index contributed by atoms with van der Waals surface area (Å²) in [5.74, 6) is -1.17. The summed E-state index contributed by atoms with van der Waals surface area (Å²) in [7, 11) is 0. The van der Waals surface area contributed by atoms with E-state index in [1.165, 1.54) is 11.3 Å². The van der Waals surface area contributed by atoms with E-state index in [4.69, 9.17) is 10.2 Å². The van der Waals surface area contributed by atoms with E-state index in [2.05, 4.69) is 24.4 Å². The number of allylic oxidation sites excluding steroid dienone is 2. The number of carbonyl (C=O) groups is 2. The fourth-order valence-electron chi connectivity index (χ4n) is 2.35. The van der Waals surface area contributed by atoms with E-state index in [0.29, 0.717) is 6.42 Å². The first-order valence-electron chi connectivity index (χ1n) is 9.17. The van der Waals surface area contributed by atoms with Crippen molar-refractivity contribution < 1.29 is 24.9 Å². The molecule has 0 fully saturated rings. The van der Waals surface area contributed by atoms with Gasteiger partial charge in [0.2, 0.25) is 5.91 Å². The minimum Gasteiger partial charge on any atom is -0.480 e. The maximum Gasteiger partial charge on any atom is 0.317 e. The number of nitrogens with one attached hydrogen (secondary N) is 1. The lowest BCUT2D eigenvalue weighted by molar-refractivity contribution is -0.142. The predicted octanol–water partition coefficient (Wildman–Crippen LogP) is 1.50. The first-order valence-corrected chi connectivity index (χ1v) is 9.17. The maximum absolute atomic E-state index is 11.7. The van der Waals surface area contributed by atoms with Crippen LogP contribution in [-0.4, -0.2) is 64.6 Å². The molecule has 146 valence electrons. The summed E-state index contributed by atoms with van der Waals surface area (Å²) >= 11 is 0. The van der Waals surface area contributed by atoms with E-state index in [1.807, 2.05) is 0 Å².